The van der Waals surface area contributed by atoms with Gasteiger partial charge in [0, 0.05) is 42.2 Å². The smallest absolute Gasteiger partial charge is 0.335 e. The van der Waals surface area contributed by atoms with Crippen LogP contribution < -0.4 is 0 Å². The van der Waals surface area contributed by atoms with Crippen LogP contribution in [0, 0.1) is 0 Å². The van der Waals surface area contributed by atoms with E-state index in [0.29, 0.717) is 11.4 Å². The SMILES string of the molecule is CC1(C)c2ccsc2-c2sc(-c3ccc(-c4ccnc(-c5cc(C(=O)O)cc(-c6cc(C(=O)O)ccn6)n5)c4)s3)cc21. The molecule has 1 aliphatic rings. The number of hydrogen-bond acceptors (Lipinski definition) is 8. The lowest BCUT2D eigenvalue weighted by molar-refractivity contribution is 0.0686. The minimum Gasteiger partial charge on any atom is -0.478 e. The van der Waals surface area contributed by atoms with Gasteiger partial charge in [0.05, 0.1) is 33.9 Å². The lowest BCUT2D eigenvalue weighted by Gasteiger charge is -2.18. The molecule has 0 bridgehead atoms. The monoisotopic (exact) mass is 607 g/mol. The number of aromatic carboxylic acids is 2. The second-order valence-electron chi connectivity index (χ2n) is 10.4. The van der Waals surface area contributed by atoms with E-state index in [9.17, 15) is 19.8 Å². The van der Waals surface area contributed by atoms with Gasteiger partial charge in [0.15, 0.2) is 0 Å². The molecule has 0 aliphatic heterocycles. The second-order valence-corrected chi connectivity index (χ2v) is 13.5. The molecule has 0 spiro atoms. The average molecular weight is 608 g/mol. The van der Waals surface area contributed by atoms with Crippen molar-refractivity contribution in [3.63, 3.8) is 0 Å². The Bertz CT molecular complexity index is 2050. The Kier molecular flexibility index (Phi) is 6.16. The van der Waals surface area contributed by atoms with Gasteiger partial charge in [-0.2, -0.15) is 0 Å². The molecule has 0 atom stereocenters. The molecule has 1 aliphatic carbocycles. The first kappa shape index (κ1) is 26.4. The van der Waals surface area contributed by atoms with Crippen LogP contribution in [0.4, 0.5) is 0 Å². The van der Waals surface area contributed by atoms with Crippen LogP contribution >= 0.6 is 34.0 Å². The molecule has 7 rings (SSSR count). The van der Waals surface area contributed by atoms with Crippen molar-refractivity contribution in [1.29, 1.82) is 0 Å². The van der Waals surface area contributed by atoms with Crippen LogP contribution in [0.25, 0.3) is 52.7 Å². The van der Waals surface area contributed by atoms with Crippen LogP contribution in [-0.2, 0) is 5.41 Å². The van der Waals surface area contributed by atoms with Crippen molar-refractivity contribution in [1.82, 2.24) is 15.0 Å². The first-order chi connectivity index (χ1) is 20.2. The van der Waals surface area contributed by atoms with Crippen LogP contribution in [0.2, 0.25) is 0 Å². The zero-order valence-corrected chi connectivity index (χ0v) is 24.7. The van der Waals surface area contributed by atoms with Crippen LogP contribution in [0.5, 0.6) is 0 Å². The first-order valence-electron chi connectivity index (χ1n) is 12.9. The molecule has 0 fully saturated rings. The summed E-state index contributed by atoms with van der Waals surface area (Å²) in [6, 6.07) is 18.2. The molecule has 0 amide bonds. The minimum absolute atomic E-state index is 0.000309. The predicted molar refractivity (Wildman–Crippen MR) is 167 cm³/mol. The van der Waals surface area contributed by atoms with Crippen molar-refractivity contribution in [3.05, 3.63) is 101 Å². The van der Waals surface area contributed by atoms with E-state index in [-0.39, 0.29) is 27.9 Å². The van der Waals surface area contributed by atoms with Crippen molar-refractivity contribution in [3.8, 4) is 52.7 Å². The van der Waals surface area contributed by atoms with E-state index in [1.54, 1.807) is 28.9 Å². The third kappa shape index (κ3) is 4.35. The van der Waals surface area contributed by atoms with Crippen LogP contribution in [-0.4, -0.2) is 37.1 Å². The maximum Gasteiger partial charge on any atom is 0.335 e. The lowest BCUT2D eigenvalue weighted by Crippen LogP contribution is -2.13. The van der Waals surface area contributed by atoms with E-state index in [2.05, 4.69) is 58.4 Å². The summed E-state index contributed by atoms with van der Waals surface area (Å²) < 4.78 is 0. The average Bonchev–Trinajstić information content (AvgIpc) is 3.78. The largest absolute Gasteiger partial charge is 0.478 e. The van der Waals surface area contributed by atoms with E-state index >= 15 is 0 Å². The molecule has 0 unspecified atom stereocenters. The van der Waals surface area contributed by atoms with Gasteiger partial charge >= 0.3 is 11.9 Å². The Morgan fingerprint density at radius 1 is 0.667 bits per heavy atom. The van der Waals surface area contributed by atoms with E-state index in [0.717, 1.165) is 10.4 Å². The summed E-state index contributed by atoms with van der Waals surface area (Å²) in [7, 11) is 0. The topological polar surface area (TPSA) is 113 Å². The molecule has 6 heterocycles. The zero-order valence-electron chi connectivity index (χ0n) is 22.3. The van der Waals surface area contributed by atoms with Crippen LogP contribution in [0.1, 0.15) is 45.7 Å². The number of rotatable bonds is 6. The number of carboxylic acid groups (broad SMARTS) is 2. The van der Waals surface area contributed by atoms with Gasteiger partial charge in [-0.05, 0) is 82.7 Å². The van der Waals surface area contributed by atoms with E-state index in [1.807, 2.05) is 23.5 Å². The lowest BCUT2D eigenvalue weighted by atomic mass is 9.84. The molecular weight excluding hydrogens is 587 g/mol. The van der Waals surface area contributed by atoms with Gasteiger partial charge in [0.2, 0.25) is 0 Å². The fourth-order valence-corrected chi connectivity index (χ4v) is 8.87. The fourth-order valence-electron chi connectivity index (χ4n) is 5.24. The van der Waals surface area contributed by atoms with Gasteiger partial charge in [-0.25, -0.2) is 14.6 Å². The summed E-state index contributed by atoms with van der Waals surface area (Å²) in [5.41, 5.74) is 5.15. The van der Waals surface area contributed by atoms with E-state index in [4.69, 9.17) is 0 Å². The van der Waals surface area contributed by atoms with Gasteiger partial charge in [-0.3, -0.25) is 9.97 Å². The number of carboxylic acids is 2. The zero-order chi connectivity index (χ0) is 29.2. The molecule has 206 valence electrons. The maximum absolute atomic E-state index is 12.0. The third-order valence-corrected chi connectivity index (χ3v) is 11.0. The Balaban J connectivity index is 1.24. The molecule has 0 radical (unpaired) electrons. The number of thiophene rings is 3. The molecule has 6 aromatic rings. The number of hydrogen-bond donors (Lipinski definition) is 2. The number of nitrogens with zero attached hydrogens (tertiary/aromatic N) is 3. The van der Waals surface area contributed by atoms with Crippen molar-refractivity contribution >= 4 is 45.9 Å². The first-order valence-corrected chi connectivity index (χ1v) is 15.4. The fraction of sp³-hybridized carbons (Fsp3) is 0.0938. The summed E-state index contributed by atoms with van der Waals surface area (Å²) in [6.45, 7) is 4.58. The summed E-state index contributed by atoms with van der Waals surface area (Å²) in [5.74, 6) is -2.24. The molecule has 42 heavy (non-hydrogen) atoms. The molecule has 6 aromatic heterocycles. The number of fused-ring (bicyclic) bond motifs is 3. The molecular formula is C32H21N3O4S3. The molecule has 0 aromatic carbocycles. The van der Waals surface area contributed by atoms with Gasteiger partial charge < -0.3 is 10.2 Å². The number of aromatic nitrogens is 3. The second kappa shape index (κ2) is 9.80. The molecule has 0 saturated heterocycles. The normalized spacial score (nSPS) is 13.1. The Labute approximate surface area is 252 Å². The molecule has 10 heteroatoms. The maximum atomic E-state index is 12.0. The highest BCUT2D eigenvalue weighted by molar-refractivity contribution is 7.27. The van der Waals surface area contributed by atoms with Crippen molar-refractivity contribution in [2.24, 2.45) is 0 Å². The molecule has 0 saturated carbocycles. The summed E-state index contributed by atoms with van der Waals surface area (Å²) >= 11 is 5.35. The van der Waals surface area contributed by atoms with E-state index in [1.165, 1.54) is 61.1 Å². The van der Waals surface area contributed by atoms with Crippen LogP contribution in [0.3, 0.4) is 0 Å². The van der Waals surface area contributed by atoms with Crippen molar-refractivity contribution < 1.29 is 19.8 Å². The number of pyridine rings is 3. The van der Waals surface area contributed by atoms with Gasteiger partial charge in [-0.1, -0.05) is 13.8 Å². The quantitative estimate of drug-likeness (QED) is 0.195. The highest BCUT2D eigenvalue weighted by Gasteiger charge is 2.38. The van der Waals surface area contributed by atoms with Crippen LogP contribution in [0.15, 0.2) is 78.4 Å². The van der Waals surface area contributed by atoms with Gasteiger partial charge in [-0.15, -0.1) is 34.0 Å². The Morgan fingerprint density at radius 3 is 2.07 bits per heavy atom. The molecule has 2 N–H and O–H groups in total. The van der Waals surface area contributed by atoms with Crippen molar-refractivity contribution in [2.45, 2.75) is 19.3 Å². The minimum atomic E-state index is -1.13. The summed E-state index contributed by atoms with van der Waals surface area (Å²) in [5, 5.41) is 21.3. The molecule has 7 nitrogen and oxygen atoms in total. The van der Waals surface area contributed by atoms with E-state index < -0.39 is 11.9 Å². The third-order valence-electron chi connectivity index (χ3n) is 7.45. The number of carbonyl (C=O) groups is 2. The van der Waals surface area contributed by atoms with Crippen molar-refractivity contribution in [2.75, 3.05) is 0 Å². The van der Waals surface area contributed by atoms with Gasteiger partial charge in [0.1, 0.15) is 0 Å². The highest BCUT2D eigenvalue weighted by atomic mass is 32.1. The predicted octanol–water partition coefficient (Wildman–Crippen LogP) is 8.43. The van der Waals surface area contributed by atoms with Gasteiger partial charge in [0.25, 0.3) is 0 Å². The Morgan fingerprint density at radius 2 is 1.33 bits per heavy atom. The summed E-state index contributed by atoms with van der Waals surface area (Å²) in [6.07, 6.45) is 3.05. The summed E-state index contributed by atoms with van der Waals surface area (Å²) in [4.78, 5) is 43.0. The Hall–Kier alpha value is -4.51. The highest BCUT2D eigenvalue weighted by Crippen LogP contribution is 2.56. The standard InChI is InChI=1S/C32H21N3O4S3/c1-32(2)19-7-10-40-28(19)29-20(32)15-27(42-29)26-4-3-25(41-26)16-5-8-33-21(11-16)23-13-18(31(38)39)14-24(35-23)22-12-17(30(36)37)6-9-34-22/h3-15H,1-2H3,(H,36,37)(H,38,39).